The molecule has 39 heavy (non-hydrogen) atoms. The number of aromatic nitrogens is 2. The number of benzene rings is 3. The lowest BCUT2D eigenvalue weighted by molar-refractivity contribution is -0.122. The van der Waals surface area contributed by atoms with E-state index in [1.807, 2.05) is 73.7 Å². The Bertz CT molecular complexity index is 1430. The second-order valence-corrected chi connectivity index (χ2v) is 10.1. The van der Waals surface area contributed by atoms with Crippen LogP contribution in [0.3, 0.4) is 0 Å². The van der Waals surface area contributed by atoms with E-state index >= 15 is 0 Å². The summed E-state index contributed by atoms with van der Waals surface area (Å²) in [7, 11) is 0. The molecular formula is C31H35N5O3. The molecule has 202 valence electrons. The number of amides is 2. The summed E-state index contributed by atoms with van der Waals surface area (Å²) in [5.41, 5.74) is 5.37. The van der Waals surface area contributed by atoms with Gasteiger partial charge in [0.1, 0.15) is 11.6 Å². The van der Waals surface area contributed by atoms with E-state index < -0.39 is 0 Å². The van der Waals surface area contributed by atoms with E-state index in [1.165, 1.54) is 0 Å². The zero-order valence-corrected chi connectivity index (χ0v) is 22.3. The first-order valence-electron chi connectivity index (χ1n) is 13.6. The van der Waals surface area contributed by atoms with Crippen molar-refractivity contribution in [2.75, 3.05) is 19.7 Å². The van der Waals surface area contributed by atoms with Gasteiger partial charge in [0.25, 0.3) is 5.91 Å². The van der Waals surface area contributed by atoms with Gasteiger partial charge in [0.2, 0.25) is 5.91 Å². The SMILES string of the molecule is Cc1ccc2nc(CNC(=O)c3cccc4c3CN(Cc3ccccc3)CC(=O)NCCCCCO4)[nH]c2c1. The Labute approximate surface area is 228 Å². The smallest absolute Gasteiger partial charge is 0.252 e. The number of nitrogens with zero attached hydrogens (tertiary/aromatic N) is 2. The number of rotatable bonds is 5. The molecule has 0 atom stereocenters. The molecule has 0 bridgehead atoms. The van der Waals surface area contributed by atoms with Crippen LogP contribution in [0.5, 0.6) is 5.75 Å². The third-order valence-corrected chi connectivity index (χ3v) is 6.88. The van der Waals surface area contributed by atoms with E-state index in [2.05, 4.69) is 25.5 Å². The molecule has 3 aromatic carbocycles. The second kappa shape index (κ2) is 12.6. The number of ether oxygens (including phenoxy) is 1. The molecule has 3 N–H and O–H groups in total. The minimum absolute atomic E-state index is 0.0188. The lowest BCUT2D eigenvalue weighted by Crippen LogP contribution is -2.37. The van der Waals surface area contributed by atoms with Gasteiger partial charge in [-0.15, -0.1) is 0 Å². The number of fused-ring (bicyclic) bond motifs is 2. The number of carbonyl (C=O) groups excluding carboxylic acids is 2. The van der Waals surface area contributed by atoms with Crippen LogP contribution >= 0.6 is 0 Å². The molecule has 1 aliphatic rings. The minimum atomic E-state index is -0.208. The van der Waals surface area contributed by atoms with Crippen molar-refractivity contribution in [2.24, 2.45) is 0 Å². The predicted molar refractivity (Wildman–Crippen MR) is 151 cm³/mol. The summed E-state index contributed by atoms with van der Waals surface area (Å²) in [4.78, 5) is 36.3. The highest BCUT2D eigenvalue weighted by molar-refractivity contribution is 5.96. The fraction of sp³-hybridized carbons (Fsp3) is 0.323. The lowest BCUT2D eigenvalue weighted by Gasteiger charge is -2.24. The summed E-state index contributed by atoms with van der Waals surface area (Å²) in [5.74, 6) is 1.15. The topological polar surface area (TPSA) is 99.3 Å². The maximum Gasteiger partial charge on any atom is 0.252 e. The van der Waals surface area contributed by atoms with Crippen molar-refractivity contribution in [3.63, 3.8) is 0 Å². The summed E-state index contributed by atoms with van der Waals surface area (Å²) >= 11 is 0. The molecule has 8 heteroatoms. The van der Waals surface area contributed by atoms with Crippen LogP contribution in [0.1, 0.15) is 52.1 Å². The van der Waals surface area contributed by atoms with Gasteiger partial charge in [-0.05, 0) is 61.6 Å². The molecule has 1 aromatic heterocycles. The Kier molecular flexibility index (Phi) is 8.53. The molecule has 4 aromatic rings. The molecule has 0 fully saturated rings. The molecule has 0 spiro atoms. The van der Waals surface area contributed by atoms with Crippen molar-refractivity contribution in [3.8, 4) is 5.75 Å². The van der Waals surface area contributed by atoms with Gasteiger partial charge < -0.3 is 20.4 Å². The Morgan fingerprint density at radius 2 is 1.90 bits per heavy atom. The Morgan fingerprint density at radius 3 is 2.77 bits per heavy atom. The molecule has 0 saturated heterocycles. The van der Waals surface area contributed by atoms with E-state index in [9.17, 15) is 9.59 Å². The van der Waals surface area contributed by atoms with Crippen molar-refractivity contribution < 1.29 is 14.3 Å². The maximum absolute atomic E-state index is 13.5. The lowest BCUT2D eigenvalue weighted by atomic mass is 10.0. The molecular weight excluding hydrogens is 490 g/mol. The van der Waals surface area contributed by atoms with Crippen LogP contribution in [-0.4, -0.2) is 46.4 Å². The largest absolute Gasteiger partial charge is 0.493 e. The zero-order chi connectivity index (χ0) is 27.0. The fourth-order valence-electron chi connectivity index (χ4n) is 4.90. The average Bonchev–Trinajstić information content (AvgIpc) is 3.34. The molecule has 8 nitrogen and oxygen atoms in total. The number of nitrogens with one attached hydrogen (secondary N) is 3. The van der Waals surface area contributed by atoms with Gasteiger partial charge in [0.05, 0.1) is 30.7 Å². The normalized spacial score (nSPS) is 15.3. The van der Waals surface area contributed by atoms with Crippen molar-refractivity contribution in [1.29, 1.82) is 0 Å². The van der Waals surface area contributed by atoms with Crippen LogP contribution in [-0.2, 0) is 24.4 Å². The van der Waals surface area contributed by atoms with Crippen molar-refractivity contribution in [3.05, 3.63) is 94.8 Å². The highest BCUT2D eigenvalue weighted by atomic mass is 16.5. The number of hydrogen-bond donors (Lipinski definition) is 3. The number of aromatic amines is 1. The van der Waals surface area contributed by atoms with Crippen LogP contribution in [0.15, 0.2) is 66.7 Å². The molecule has 0 unspecified atom stereocenters. The number of imidazole rings is 1. The van der Waals surface area contributed by atoms with Crippen molar-refractivity contribution >= 4 is 22.8 Å². The van der Waals surface area contributed by atoms with Crippen LogP contribution in [0, 0.1) is 6.92 Å². The van der Waals surface area contributed by atoms with E-state index in [0.29, 0.717) is 43.4 Å². The van der Waals surface area contributed by atoms with Gasteiger partial charge in [-0.2, -0.15) is 0 Å². The van der Waals surface area contributed by atoms with Gasteiger partial charge in [-0.1, -0.05) is 42.5 Å². The van der Waals surface area contributed by atoms with Crippen LogP contribution in [0.2, 0.25) is 0 Å². The van der Waals surface area contributed by atoms with E-state index in [-0.39, 0.29) is 24.9 Å². The minimum Gasteiger partial charge on any atom is -0.493 e. The maximum atomic E-state index is 13.5. The zero-order valence-electron chi connectivity index (χ0n) is 22.3. The third-order valence-electron chi connectivity index (χ3n) is 6.88. The first-order chi connectivity index (χ1) is 19.0. The summed E-state index contributed by atoms with van der Waals surface area (Å²) in [6, 6.07) is 21.7. The van der Waals surface area contributed by atoms with Gasteiger partial charge in [0.15, 0.2) is 0 Å². The third kappa shape index (κ3) is 7.03. The summed E-state index contributed by atoms with van der Waals surface area (Å²) in [5, 5.41) is 6.06. The Hall–Kier alpha value is -4.17. The standard InChI is InChI=1S/C31H35N5O3/c1-22-13-14-26-27(17-22)35-29(34-26)18-33-31(38)24-11-8-12-28-25(24)20-36(19-23-9-4-2-5-10-23)21-30(37)32-15-6-3-7-16-39-28/h2,4-5,8-14,17H,3,6-7,15-16,18-21H2,1H3,(H,32,37)(H,33,38)(H,34,35). The van der Waals surface area contributed by atoms with Gasteiger partial charge in [-0.25, -0.2) is 4.98 Å². The summed E-state index contributed by atoms with van der Waals surface area (Å²) < 4.78 is 6.20. The molecule has 0 saturated carbocycles. The fourth-order valence-corrected chi connectivity index (χ4v) is 4.90. The quantitative estimate of drug-likeness (QED) is 0.357. The van der Waals surface area contributed by atoms with Gasteiger partial charge >= 0.3 is 0 Å². The summed E-state index contributed by atoms with van der Waals surface area (Å²) in [6.07, 6.45) is 2.75. The van der Waals surface area contributed by atoms with E-state index in [0.717, 1.165) is 47.0 Å². The van der Waals surface area contributed by atoms with Crippen molar-refractivity contribution in [1.82, 2.24) is 25.5 Å². The molecule has 2 amide bonds. The van der Waals surface area contributed by atoms with E-state index in [1.54, 1.807) is 0 Å². The molecule has 0 radical (unpaired) electrons. The molecule has 2 heterocycles. The number of hydrogen-bond acceptors (Lipinski definition) is 5. The summed E-state index contributed by atoms with van der Waals surface area (Å²) in [6.45, 7) is 4.71. The van der Waals surface area contributed by atoms with Crippen LogP contribution in [0.4, 0.5) is 0 Å². The van der Waals surface area contributed by atoms with Crippen LogP contribution < -0.4 is 15.4 Å². The Morgan fingerprint density at radius 1 is 1.03 bits per heavy atom. The second-order valence-electron chi connectivity index (χ2n) is 10.1. The van der Waals surface area contributed by atoms with E-state index in [4.69, 9.17) is 4.74 Å². The first-order valence-corrected chi connectivity index (χ1v) is 13.6. The molecule has 0 aliphatic carbocycles. The highest BCUT2D eigenvalue weighted by Gasteiger charge is 2.21. The first kappa shape index (κ1) is 26.4. The predicted octanol–water partition coefficient (Wildman–Crippen LogP) is 4.48. The van der Waals surface area contributed by atoms with Crippen molar-refractivity contribution in [2.45, 2.75) is 45.8 Å². The Balaban J connectivity index is 1.40. The number of carbonyl (C=O) groups is 2. The number of aryl methyl sites for hydroxylation is 1. The average molecular weight is 526 g/mol. The molecule has 5 rings (SSSR count). The monoisotopic (exact) mass is 525 g/mol. The van der Waals surface area contributed by atoms with Gasteiger partial charge in [0, 0.05) is 30.8 Å². The highest BCUT2D eigenvalue weighted by Crippen LogP contribution is 2.26. The van der Waals surface area contributed by atoms with Crippen LogP contribution in [0.25, 0.3) is 11.0 Å². The number of H-pyrrole nitrogens is 1. The molecule has 1 aliphatic heterocycles. The van der Waals surface area contributed by atoms with Gasteiger partial charge in [-0.3, -0.25) is 14.5 Å².